The third kappa shape index (κ3) is 5.36. The monoisotopic (exact) mass is 454 g/mol. The Labute approximate surface area is 183 Å². The molecule has 4 rings (SSSR count). The van der Waals surface area contributed by atoms with E-state index in [4.69, 9.17) is 4.42 Å². The molecule has 0 unspecified atom stereocenters. The number of anilines is 2. The van der Waals surface area contributed by atoms with Crippen LogP contribution >= 0.6 is 11.3 Å². The van der Waals surface area contributed by atoms with Crippen molar-refractivity contribution in [3.63, 3.8) is 0 Å². The molecule has 2 aromatic carbocycles. The van der Waals surface area contributed by atoms with Crippen LogP contribution in [0.25, 0.3) is 11.3 Å². The largest absolute Gasteiger partial charge is 0.441 e. The number of carbonyl (C=O) groups excluding carboxylic acids is 1. The number of oxazole rings is 1. The number of hydrogen-bond donors (Lipinski definition) is 2. The molecule has 0 radical (unpaired) electrons. The van der Waals surface area contributed by atoms with E-state index >= 15 is 0 Å². The van der Waals surface area contributed by atoms with Gasteiger partial charge in [0.15, 0.2) is 16.8 Å². The number of sulfonamides is 1. The van der Waals surface area contributed by atoms with E-state index in [-0.39, 0.29) is 17.2 Å². The van der Waals surface area contributed by atoms with E-state index in [1.54, 1.807) is 11.6 Å². The second-order valence-corrected chi connectivity index (χ2v) is 9.08. The maximum atomic E-state index is 12.3. The van der Waals surface area contributed by atoms with Crippen LogP contribution in [0.15, 0.2) is 81.7 Å². The second-order valence-electron chi connectivity index (χ2n) is 6.50. The summed E-state index contributed by atoms with van der Waals surface area (Å²) in [6.45, 7) is 0. The standard InChI is InChI=1S/C21H18N4O4S2/c26-19(10-11-20-23-14-18(29-20)15-4-2-1-3-5-15)24-16-6-8-17(9-7-16)31(27,28)25-21-22-12-13-30-21/h1-9,12-14H,10-11H2,(H,22,25)(H,24,26). The molecule has 0 fully saturated rings. The molecule has 2 N–H and O–H groups in total. The van der Waals surface area contributed by atoms with Gasteiger partial charge in [0.2, 0.25) is 5.91 Å². The molecule has 0 aliphatic carbocycles. The normalized spacial score (nSPS) is 11.2. The first kappa shape index (κ1) is 20.8. The fourth-order valence-electron chi connectivity index (χ4n) is 2.77. The van der Waals surface area contributed by atoms with Gasteiger partial charge in [0, 0.05) is 35.7 Å². The number of carbonyl (C=O) groups is 1. The van der Waals surface area contributed by atoms with Crippen LogP contribution in [-0.4, -0.2) is 24.3 Å². The SMILES string of the molecule is O=C(CCc1ncc(-c2ccccc2)o1)Nc1ccc(S(=O)(=O)Nc2nccs2)cc1. The number of nitrogens with zero attached hydrogens (tertiary/aromatic N) is 2. The Morgan fingerprint density at radius 1 is 1.03 bits per heavy atom. The smallest absolute Gasteiger partial charge is 0.263 e. The number of amides is 1. The summed E-state index contributed by atoms with van der Waals surface area (Å²) in [6, 6.07) is 15.5. The highest BCUT2D eigenvalue weighted by atomic mass is 32.2. The number of nitrogens with one attached hydrogen (secondary N) is 2. The van der Waals surface area contributed by atoms with Crippen molar-refractivity contribution in [1.82, 2.24) is 9.97 Å². The topological polar surface area (TPSA) is 114 Å². The van der Waals surface area contributed by atoms with Gasteiger partial charge in [0.25, 0.3) is 10.0 Å². The van der Waals surface area contributed by atoms with Crippen molar-refractivity contribution in [3.05, 3.63) is 78.3 Å². The van der Waals surface area contributed by atoms with Gasteiger partial charge < -0.3 is 9.73 Å². The summed E-state index contributed by atoms with van der Waals surface area (Å²) in [7, 11) is -3.73. The lowest BCUT2D eigenvalue weighted by Gasteiger charge is -2.07. The van der Waals surface area contributed by atoms with E-state index in [2.05, 4.69) is 20.0 Å². The molecule has 0 atom stereocenters. The molecule has 0 spiro atoms. The summed E-state index contributed by atoms with van der Waals surface area (Å²) in [5.74, 6) is 0.902. The highest BCUT2D eigenvalue weighted by Gasteiger charge is 2.16. The molecular weight excluding hydrogens is 436 g/mol. The highest BCUT2D eigenvalue weighted by molar-refractivity contribution is 7.93. The third-order valence-electron chi connectivity index (χ3n) is 4.28. The summed E-state index contributed by atoms with van der Waals surface area (Å²) < 4.78 is 32.8. The lowest BCUT2D eigenvalue weighted by atomic mass is 10.2. The summed E-state index contributed by atoms with van der Waals surface area (Å²) in [5, 5.41) is 4.71. The Bertz CT molecular complexity index is 1250. The summed E-state index contributed by atoms with van der Waals surface area (Å²) in [4.78, 5) is 20.4. The zero-order valence-corrected chi connectivity index (χ0v) is 17.8. The minimum Gasteiger partial charge on any atom is -0.441 e. The van der Waals surface area contributed by atoms with Gasteiger partial charge in [-0.1, -0.05) is 30.3 Å². The van der Waals surface area contributed by atoms with Crippen molar-refractivity contribution < 1.29 is 17.6 Å². The van der Waals surface area contributed by atoms with Gasteiger partial charge >= 0.3 is 0 Å². The van der Waals surface area contributed by atoms with Crippen molar-refractivity contribution in [2.75, 3.05) is 10.0 Å². The van der Waals surface area contributed by atoms with Gasteiger partial charge in [0.05, 0.1) is 11.1 Å². The third-order valence-corrected chi connectivity index (χ3v) is 6.45. The van der Waals surface area contributed by atoms with Crippen molar-refractivity contribution >= 4 is 38.1 Å². The fraction of sp³-hybridized carbons (Fsp3) is 0.0952. The van der Waals surface area contributed by atoms with Gasteiger partial charge in [-0.3, -0.25) is 9.52 Å². The molecule has 2 aromatic heterocycles. The predicted molar refractivity (Wildman–Crippen MR) is 118 cm³/mol. The summed E-state index contributed by atoms with van der Waals surface area (Å²) in [5.41, 5.74) is 1.42. The first-order chi connectivity index (χ1) is 15.0. The minimum atomic E-state index is -3.73. The van der Waals surface area contributed by atoms with Crippen LogP contribution in [0, 0.1) is 0 Å². The van der Waals surface area contributed by atoms with Gasteiger partial charge in [-0.25, -0.2) is 18.4 Å². The van der Waals surface area contributed by atoms with Crippen molar-refractivity contribution in [2.24, 2.45) is 0 Å². The summed E-state index contributed by atoms with van der Waals surface area (Å²) in [6.07, 6.45) is 3.69. The number of rotatable bonds is 8. The molecule has 0 aliphatic rings. The average Bonchev–Trinajstić information content (AvgIpc) is 3.45. The molecule has 0 saturated heterocycles. The van der Waals surface area contributed by atoms with E-state index in [1.165, 1.54) is 41.8 Å². The fourth-order valence-corrected chi connectivity index (χ4v) is 4.56. The molecule has 31 heavy (non-hydrogen) atoms. The van der Waals surface area contributed by atoms with E-state index in [1.807, 2.05) is 30.3 Å². The van der Waals surface area contributed by atoms with E-state index in [9.17, 15) is 13.2 Å². The Morgan fingerprint density at radius 2 is 1.81 bits per heavy atom. The van der Waals surface area contributed by atoms with Crippen LogP contribution in [-0.2, 0) is 21.2 Å². The van der Waals surface area contributed by atoms with Gasteiger partial charge in [0.1, 0.15) is 0 Å². The average molecular weight is 455 g/mol. The van der Waals surface area contributed by atoms with Gasteiger partial charge in [-0.15, -0.1) is 11.3 Å². The van der Waals surface area contributed by atoms with Crippen molar-refractivity contribution in [2.45, 2.75) is 17.7 Å². The lowest BCUT2D eigenvalue weighted by Crippen LogP contribution is -2.14. The Hall–Kier alpha value is -3.50. The Morgan fingerprint density at radius 3 is 2.52 bits per heavy atom. The summed E-state index contributed by atoms with van der Waals surface area (Å²) >= 11 is 1.19. The van der Waals surface area contributed by atoms with Crippen molar-refractivity contribution in [3.8, 4) is 11.3 Å². The minimum absolute atomic E-state index is 0.0777. The highest BCUT2D eigenvalue weighted by Crippen LogP contribution is 2.21. The molecule has 8 nitrogen and oxygen atoms in total. The van der Waals surface area contributed by atoms with Gasteiger partial charge in [-0.2, -0.15) is 0 Å². The molecule has 0 aliphatic heterocycles. The molecule has 0 bridgehead atoms. The molecule has 10 heteroatoms. The second kappa shape index (κ2) is 9.11. The first-order valence-corrected chi connectivity index (χ1v) is 11.7. The molecule has 0 saturated carbocycles. The number of hydrogen-bond acceptors (Lipinski definition) is 7. The van der Waals surface area contributed by atoms with E-state index < -0.39 is 10.0 Å². The van der Waals surface area contributed by atoms with Crippen LogP contribution in [0.4, 0.5) is 10.8 Å². The van der Waals surface area contributed by atoms with Gasteiger partial charge in [-0.05, 0) is 24.3 Å². The Kier molecular flexibility index (Phi) is 6.10. The lowest BCUT2D eigenvalue weighted by molar-refractivity contribution is -0.116. The zero-order chi connectivity index (χ0) is 21.7. The molecule has 2 heterocycles. The van der Waals surface area contributed by atoms with Crippen LogP contribution in [0.3, 0.4) is 0 Å². The maximum absolute atomic E-state index is 12.3. The number of thiazole rings is 1. The Balaban J connectivity index is 1.31. The van der Waals surface area contributed by atoms with Crippen LogP contribution in [0.5, 0.6) is 0 Å². The number of aromatic nitrogens is 2. The molecule has 4 aromatic rings. The predicted octanol–water partition coefficient (Wildman–Crippen LogP) is 4.17. The van der Waals surface area contributed by atoms with Crippen molar-refractivity contribution in [1.29, 1.82) is 0 Å². The zero-order valence-electron chi connectivity index (χ0n) is 16.2. The number of benzene rings is 2. The molecule has 1 amide bonds. The molecular formula is C21H18N4O4S2. The number of aryl methyl sites for hydroxylation is 1. The van der Waals surface area contributed by atoms with Crippen LogP contribution < -0.4 is 10.0 Å². The maximum Gasteiger partial charge on any atom is 0.263 e. The van der Waals surface area contributed by atoms with Crippen LogP contribution in [0.1, 0.15) is 12.3 Å². The van der Waals surface area contributed by atoms with Crippen LogP contribution in [0.2, 0.25) is 0 Å². The molecule has 158 valence electrons. The van der Waals surface area contributed by atoms with E-state index in [0.29, 0.717) is 28.9 Å². The quantitative estimate of drug-likeness (QED) is 0.413. The van der Waals surface area contributed by atoms with E-state index in [0.717, 1.165) is 5.56 Å². The first-order valence-electron chi connectivity index (χ1n) is 9.32.